The van der Waals surface area contributed by atoms with Gasteiger partial charge < -0.3 is 19.1 Å². The van der Waals surface area contributed by atoms with Crippen LogP contribution in [0.5, 0.6) is 5.75 Å². The summed E-state index contributed by atoms with van der Waals surface area (Å²) in [7, 11) is 3.64. The van der Waals surface area contributed by atoms with Crippen LogP contribution in [0, 0.1) is 19.7 Å². The summed E-state index contributed by atoms with van der Waals surface area (Å²) in [5, 5.41) is 23.4. The Morgan fingerprint density at radius 2 is 1.87 bits per heavy atom. The molecule has 6 bridgehead atoms. The molecule has 9 nitrogen and oxygen atoms in total. The Labute approximate surface area is 311 Å². The molecule has 0 unspecified atom stereocenters. The van der Waals surface area contributed by atoms with Gasteiger partial charge in [0.1, 0.15) is 17.3 Å². The molecule has 0 amide bonds. The van der Waals surface area contributed by atoms with Crippen molar-refractivity contribution in [3.05, 3.63) is 99.0 Å². The third-order valence-corrected chi connectivity index (χ3v) is 11.4. The van der Waals surface area contributed by atoms with Crippen molar-refractivity contribution < 1.29 is 23.8 Å². The number of hydrogen-bond acceptors (Lipinski definition) is 6. The van der Waals surface area contributed by atoms with Crippen molar-refractivity contribution in [3.63, 3.8) is 0 Å². The number of methoxy groups -OCH3 is 1. The lowest BCUT2D eigenvalue weighted by molar-refractivity contribution is 0.0684. The van der Waals surface area contributed by atoms with Crippen LogP contribution >= 0.6 is 23.4 Å². The predicted octanol–water partition coefficient (Wildman–Crippen LogP) is 8.58. The zero-order chi connectivity index (χ0) is 36.5. The molecule has 1 aliphatic rings. The number of thioether (sulfide) groups is 1. The molecule has 0 aliphatic carbocycles. The molecule has 0 radical (unpaired) electrons. The van der Waals surface area contributed by atoms with E-state index in [0.29, 0.717) is 49.9 Å². The molecule has 0 saturated carbocycles. The van der Waals surface area contributed by atoms with Crippen molar-refractivity contribution in [2.75, 3.05) is 26.1 Å². The van der Waals surface area contributed by atoms with Crippen molar-refractivity contribution in [1.29, 1.82) is 0 Å². The van der Waals surface area contributed by atoms with E-state index in [2.05, 4.69) is 6.07 Å². The first kappa shape index (κ1) is 36.1. The highest BCUT2D eigenvalue weighted by Crippen LogP contribution is 2.42. The number of fused-ring (bicyclic) bond motifs is 11. The second kappa shape index (κ2) is 15.3. The number of aromatic carboxylic acids is 1. The van der Waals surface area contributed by atoms with Gasteiger partial charge in [-0.25, -0.2) is 9.18 Å². The maximum absolute atomic E-state index is 14.4. The normalized spacial score (nSPS) is 14.5. The van der Waals surface area contributed by atoms with Crippen molar-refractivity contribution in [1.82, 2.24) is 24.1 Å². The number of nitrogens with zero attached hydrogens (tertiary/aromatic N) is 5. The van der Waals surface area contributed by atoms with Crippen LogP contribution in [0.15, 0.2) is 48.5 Å². The fourth-order valence-electron chi connectivity index (χ4n) is 7.62. The molecular weight excluding hydrogens is 701 g/mol. The maximum Gasteiger partial charge on any atom is 0.352 e. The lowest BCUT2D eigenvalue weighted by Crippen LogP contribution is -2.12. The van der Waals surface area contributed by atoms with E-state index in [1.807, 2.05) is 59.1 Å². The summed E-state index contributed by atoms with van der Waals surface area (Å²) in [5.74, 6) is 0.995. The maximum atomic E-state index is 14.4. The molecule has 272 valence electrons. The van der Waals surface area contributed by atoms with Gasteiger partial charge in [0, 0.05) is 59.7 Å². The average Bonchev–Trinajstić information content (AvgIpc) is 3.73. The molecule has 6 aromatic rings. The first-order valence-electron chi connectivity index (χ1n) is 17.7. The van der Waals surface area contributed by atoms with Gasteiger partial charge in [0.25, 0.3) is 0 Å². The Hall–Kier alpha value is -4.32. The van der Waals surface area contributed by atoms with E-state index in [9.17, 15) is 14.3 Å². The van der Waals surface area contributed by atoms with Gasteiger partial charge in [0.05, 0.1) is 41.7 Å². The Bertz CT molecular complexity index is 2290. The lowest BCUT2D eigenvalue weighted by atomic mass is 9.98. The number of carboxylic acid groups (broad SMARTS) is 1. The highest BCUT2D eigenvalue weighted by molar-refractivity contribution is 7.98. The fraction of sp³-hybridized carbons (Fsp3) is 0.375. The molecule has 0 spiro atoms. The quantitative estimate of drug-likeness (QED) is 0.189. The molecule has 1 N–H and O–H groups in total. The van der Waals surface area contributed by atoms with Crippen LogP contribution in [-0.2, 0) is 49.9 Å². The van der Waals surface area contributed by atoms with Gasteiger partial charge in [-0.1, -0.05) is 23.7 Å². The summed E-state index contributed by atoms with van der Waals surface area (Å²) in [6, 6.07) is 14.8. The minimum absolute atomic E-state index is 0.275. The van der Waals surface area contributed by atoms with Gasteiger partial charge in [0.2, 0.25) is 0 Å². The minimum Gasteiger partial charge on any atom is -0.493 e. The second-order valence-electron chi connectivity index (χ2n) is 13.4. The number of rotatable bonds is 5. The monoisotopic (exact) mass is 743 g/mol. The smallest absolute Gasteiger partial charge is 0.352 e. The molecule has 3 aromatic heterocycles. The number of carboxylic acids is 1. The van der Waals surface area contributed by atoms with Gasteiger partial charge in [-0.3, -0.25) is 9.36 Å². The molecule has 0 saturated heterocycles. The summed E-state index contributed by atoms with van der Waals surface area (Å²) in [5.41, 5.74) is 8.50. The molecule has 4 heterocycles. The van der Waals surface area contributed by atoms with Crippen LogP contribution in [0.4, 0.5) is 4.39 Å². The van der Waals surface area contributed by atoms with Crippen LogP contribution in [0.2, 0.25) is 5.02 Å². The Morgan fingerprint density at radius 3 is 2.67 bits per heavy atom. The van der Waals surface area contributed by atoms with Crippen LogP contribution in [0.1, 0.15) is 57.2 Å². The standard InChI is InChI=1S/C40H43ClFN5O4S/c1-24-36(25(2)47(43-24)15-17-50-4)37-34(41)13-12-33-32-7-5-16-51-35-20-26(19-27-21-28(42)9-11-31(27)35)8-10-30-22-29(44-45(30)3)23-52-18-6-14-46(38(33)37)39(32)40(48)49/h9,11-13,19-22H,5-8,10,14-18,23H2,1-4H3,(H,48,49). The lowest BCUT2D eigenvalue weighted by Gasteiger charge is -2.14. The van der Waals surface area contributed by atoms with Crippen molar-refractivity contribution >= 4 is 51.0 Å². The van der Waals surface area contributed by atoms with Crippen LogP contribution in [-0.4, -0.2) is 61.3 Å². The first-order chi connectivity index (χ1) is 25.1. The van der Waals surface area contributed by atoms with Crippen LogP contribution in [0.25, 0.3) is 32.8 Å². The van der Waals surface area contributed by atoms with E-state index in [0.717, 1.165) is 97.5 Å². The van der Waals surface area contributed by atoms with Crippen LogP contribution in [0.3, 0.4) is 0 Å². The highest BCUT2D eigenvalue weighted by Gasteiger charge is 2.28. The van der Waals surface area contributed by atoms with E-state index in [-0.39, 0.29) is 11.5 Å². The Kier molecular flexibility index (Phi) is 10.6. The Balaban J connectivity index is 1.33. The number of ether oxygens (including phenoxy) is 2. The minimum atomic E-state index is -0.977. The van der Waals surface area contributed by atoms with Gasteiger partial charge in [-0.05, 0) is 105 Å². The summed E-state index contributed by atoms with van der Waals surface area (Å²) in [4.78, 5) is 13.2. The van der Waals surface area contributed by atoms with Gasteiger partial charge in [-0.2, -0.15) is 22.0 Å². The van der Waals surface area contributed by atoms with Gasteiger partial charge >= 0.3 is 5.97 Å². The molecule has 0 fully saturated rings. The van der Waals surface area contributed by atoms with E-state index >= 15 is 0 Å². The number of benzene rings is 3. The fourth-order valence-corrected chi connectivity index (χ4v) is 8.69. The Morgan fingerprint density at radius 1 is 1.04 bits per heavy atom. The summed E-state index contributed by atoms with van der Waals surface area (Å²) >= 11 is 8.86. The SMILES string of the molecule is COCCn1nc(C)c(-c2c(Cl)ccc3c4c(C(=O)O)n(c23)CCCSCc2cc(n(C)n2)CCc2cc(c3ccc(F)cc3c2)OCCC4)c1C. The van der Waals surface area contributed by atoms with Crippen molar-refractivity contribution in [2.24, 2.45) is 7.05 Å². The topological polar surface area (TPSA) is 96.3 Å². The largest absolute Gasteiger partial charge is 0.493 e. The second-order valence-corrected chi connectivity index (χ2v) is 14.9. The van der Waals surface area contributed by atoms with E-state index in [1.165, 1.54) is 6.07 Å². The molecule has 52 heavy (non-hydrogen) atoms. The molecule has 12 heteroatoms. The van der Waals surface area contributed by atoms with Gasteiger partial charge in [0.15, 0.2) is 0 Å². The van der Waals surface area contributed by atoms with Crippen molar-refractivity contribution in [2.45, 2.75) is 64.8 Å². The summed E-state index contributed by atoms with van der Waals surface area (Å²) < 4.78 is 32.0. The number of carbonyl (C=O) groups is 1. The van der Waals surface area contributed by atoms with Gasteiger partial charge in [-0.15, -0.1) is 0 Å². The predicted molar refractivity (Wildman–Crippen MR) is 206 cm³/mol. The number of aryl methyl sites for hydroxylation is 6. The van der Waals surface area contributed by atoms with Crippen molar-refractivity contribution in [3.8, 4) is 16.9 Å². The molecule has 0 atom stereocenters. The number of hydrogen-bond donors (Lipinski definition) is 1. The zero-order valence-corrected chi connectivity index (χ0v) is 31.5. The highest BCUT2D eigenvalue weighted by atomic mass is 35.5. The summed E-state index contributed by atoms with van der Waals surface area (Å²) in [6.07, 6.45) is 3.37. The molecule has 1 aliphatic heterocycles. The molecular formula is C40H43ClFN5O4S. The molecule has 7 rings (SSSR count). The van der Waals surface area contributed by atoms with E-state index < -0.39 is 5.97 Å². The third kappa shape index (κ3) is 7.06. The summed E-state index contributed by atoms with van der Waals surface area (Å²) in [6.45, 7) is 5.95. The third-order valence-electron chi connectivity index (χ3n) is 10.0. The van der Waals surface area contributed by atoms with E-state index in [4.69, 9.17) is 31.3 Å². The first-order valence-corrected chi connectivity index (χ1v) is 19.2. The number of aromatic nitrogens is 5. The van der Waals surface area contributed by atoms with E-state index in [1.54, 1.807) is 31.0 Å². The number of halogens is 2. The van der Waals surface area contributed by atoms with Crippen LogP contribution < -0.4 is 4.74 Å². The zero-order valence-electron chi connectivity index (χ0n) is 30.0. The average molecular weight is 744 g/mol. The molecule has 3 aromatic carbocycles.